The van der Waals surface area contributed by atoms with E-state index in [1.54, 1.807) is 0 Å². The zero-order chi connectivity index (χ0) is 15.0. The molecule has 1 aliphatic rings. The Morgan fingerprint density at radius 3 is 2.27 bits per heavy atom. The Balaban J connectivity index is 1.35. The number of rotatable bonds is 6. The smallest absolute Gasteiger partial charge is 0.0312 e. The Kier molecular flexibility index (Phi) is 5.57. The van der Waals surface area contributed by atoms with Gasteiger partial charge in [-0.3, -0.25) is 9.88 Å². The zero-order valence-corrected chi connectivity index (χ0v) is 13.2. The third kappa shape index (κ3) is 4.65. The van der Waals surface area contributed by atoms with Crippen molar-refractivity contribution in [1.82, 2.24) is 14.8 Å². The number of aromatic nitrogens is 1. The molecule has 2 heterocycles. The minimum absolute atomic E-state index is 1.03. The lowest BCUT2D eigenvalue weighted by Crippen LogP contribution is -2.46. The van der Waals surface area contributed by atoms with E-state index >= 15 is 0 Å². The van der Waals surface area contributed by atoms with Crippen molar-refractivity contribution >= 4 is 0 Å². The summed E-state index contributed by atoms with van der Waals surface area (Å²) >= 11 is 0. The highest BCUT2D eigenvalue weighted by molar-refractivity contribution is 5.14. The lowest BCUT2D eigenvalue weighted by molar-refractivity contribution is 0.126. The predicted octanol–water partition coefficient (Wildman–Crippen LogP) is 2.83. The summed E-state index contributed by atoms with van der Waals surface area (Å²) in [6.45, 7) is 6.96. The molecule has 3 rings (SSSR count). The van der Waals surface area contributed by atoms with Crippen LogP contribution in [-0.4, -0.2) is 47.5 Å². The Morgan fingerprint density at radius 2 is 1.55 bits per heavy atom. The number of benzene rings is 1. The van der Waals surface area contributed by atoms with E-state index in [4.69, 9.17) is 0 Å². The molecule has 0 aliphatic carbocycles. The number of hydrogen-bond donors (Lipinski definition) is 0. The van der Waals surface area contributed by atoms with Crippen LogP contribution in [0.4, 0.5) is 0 Å². The molecule has 0 N–H and O–H groups in total. The minimum atomic E-state index is 1.03. The number of pyridine rings is 1. The van der Waals surface area contributed by atoms with Gasteiger partial charge in [0.2, 0.25) is 0 Å². The lowest BCUT2D eigenvalue weighted by atomic mass is 10.1. The zero-order valence-electron chi connectivity index (χ0n) is 13.2. The fourth-order valence-corrected chi connectivity index (χ4v) is 3.07. The Bertz CT molecular complexity index is 533. The van der Waals surface area contributed by atoms with Crippen LogP contribution in [0.25, 0.3) is 0 Å². The summed E-state index contributed by atoms with van der Waals surface area (Å²) in [6.07, 6.45) is 6.27. The van der Waals surface area contributed by atoms with E-state index in [-0.39, 0.29) is 0 Å². The van der Waals surface area contributed by atoms with Crippen LogP contribution < -0.4 is 0 Å². The molecule has 1 aromatic heterocycles. The molecule has 0 unspecified atom stereocenters. The molecule has 0 amide bonds. The number of piperazine rings is 1. The largest absolute Gasteiger partial charge is 0.301 e. The van der Waals surface area contributed by atoms with E-state index in [0.29, 0.717) is 0 Å². The van der Waals surface area contributed by atoms with Crippen LogP contribution in [-0.2, 0) is 13.0 Å². The Hall–Kier alpha value is -1.71. The SMILES string of the molecule is c1ccc(CCCN2CCN(Cc3cccnc3)CC2)cc1. The van der Waals surface area contributed by atoms with E-state index in [1.807, 2.05) is 18.5 Å². The molecule has 2 aromatic rings. The van der Waals surface area contributed by atoms with Gasteiger partial charge in [-0.2, -0.15) is 0 Å². The van der Waals surface area contributed by atoms with Crippen molar-refractivity contribution in [1.29, 1.82) is 0 Å². The molecule has 1 aromatic carbocycles. The fraction of sp³-hybridized carbons (Fsp3) is 0.421. The van der Waals surface area contributed by atoms with E-state index in [9.17, 15) is 0 Å². The highest BCUT2D eigenvalue weighted by atomic mass is 15.3. The highest BCUT2D eigenvalue weighted by Crippen LogP contribution is 2.09. The van der Waals surface area contributed by atoms with Crippen LogP contribution in [0.15, 0.2) is 54.9 Å². The molecule has 0 bridgehead atoms. The molecule has 0 spiro atoms. The highest BCUT2D eigenvalue weighted by Gasteiger charge is 2.16. The van der Waals surface area contributed by atoms with Crippen LogP contribution in [0.5, 0.6) is 0 Å². The van der Waals surface area contributed by atoms with E-state index in [0.717, 1.165) is 6.54 Å². The van der Waals surface area contributed by atoms with Gasteiger partial charge in [0.25, 0.3) is 0 Å². The normalized spacial score (nSPS) is 16.7. The lowest BCUT2D eigenvalue weighted by Gasteiger charge is -2.34. The summed E-state index contributed by atoms with van der Waals surface area (Å²) in [5, 5.41) is 0. The number of hydrogen-bond acceptors (Lipinski definition) is 3. The third-order valence-corrected chi connectivity index (χ3v) is 4.38. The predicted molar refractivity (Wildman–Crippen MR) is 90.7 cm³/mol. The summed E-state index contributed by atoms with van der Waals surface area (Å²) in [4.78, 5) is 9.33. The fourth-order valence-electron chi connectivity index (χ4n) is 3.07. The van der Waals surface area contributed by atoms with Crippen molar-refractivity contribution in [2.45, 2.75) is 19.4 Å². The molecule has 1 aliphatic heterocycles. The van der Waals surface area contributed by atoms with Gasteiger partial charge < -0.3 is 4.90 Å². The average molecular weight is 295 g/mol. The molecule has 116 valence electrons. The van der Waals surface area contributed by atoms with Crippen molar-refractivity contribution < 1.29 is 0 Å². The van der Waals surface area contributed by atoms with Crippen molar-refractivity contribution in [3.63, 3.8) is 0 Å². The van der Waals surface area contributed by atoms with Crippen LogP contribution in [0.2, 0.25) is 0 Å². The van der Waals surface area contributed by atoms with E-state index in [1.165, 1.54) is 56.7 Å². The molecule has 1 fully saturated rings. The van der Waals surface area contributed by atoms with Gasteiger partial charge in [0, 0.05) is 45.1 Å². The van der Waals surface area contributed by atoms with Crippen LogP contribution >= 0.6 is 0 Å². The third-order valence-electron chi connectivity index (χ3n) is 4.38. The first-order valence-electron chi connectivity index (χ1n) is 8.28. The van der Waals surface area contributed by atoms with Crippen LogP contribution in [0.1, 0.15) is 17.5 Å². The van der Waals surface area contributed by atoms with Crippen molar-refractivity contribution in [2.24, 2.45) is 0 Å². The van der Waals surface area contributed by atoms with Crippen LogP contribution in [0, 0.1) is 0 Å². The second-order valence-electron chi connectivity index (χ2n) is 6.07. The maximum atomic E-state index is 4.20. The Morgan fingerprint density at radius 1 is 0.818 bits per heavy atom. The summed E-state index contributed by atoms with van der Waals surface area (Å²) in [5.74, 6) is 0. The number of aryl methyl sites for hydroxylation is 1. The van der Waals surface area contributed by atoms with E-state index in [2.05, 4.69) is 51.2 Å². The molecule has 1 saturated heterocycles. The second-order valence-corrected chi connectivity index (χ2v) is 6.07. The first-order valence-corrected chi connectivity index (χ1v) is 8.28. The van der Waals surface area contributed by atoms with E-state index < -0.39 is 0 Å². The maximum absolute atomic E-state index is 4.20. The van der Waals surface area contributed by atoms with Crippen molar-refractivity contribution in [3.8, 4) is 0 Å². The summed E-state index contributed by atoms with van der Waals surface area (Å²) in [5.41, 5.74) is 2.78. The van der Waals surface area contributed by atoms with Gasteiger partial charge in [-0.25, -0.2) is 0 Å². The first kappa shape index (κ1) is 15.2. The molecular formula is C19H25N3. The van der Waals surface area contributed by atoms with Gasteiger partial charge in [-0.1, -0.05) is 36.4 Å². The van der Waals surface area contributed by atoms with Crippen LogP contribution in [0.3, 0.4) is 0 Å². The maximum Gasteiger partial charge on any atom is 0.0312 e. The van der Waals surface area contributed by atoms with Gasteiger partial charge in [-0.05, 0) is 36.6 Å². The summed E-state index contributed by atoms with van der Waals surface area (Å²) in [6, 6.07) is 15.0. The van der Waals surface area contributed by atoms with Gasteiger partial charge in [-0.15, -0.1) is 0 Å². The molecule has 22 heavy (non-hydrogen) atoms. The molecule has 3 nitrogen and oxygen atoms in total. The van der Waals surface area contributed by atoms with Gasteiger partial charge in [0.1, 0.15) is 0 Å². The molecule has 3 heteroatoms. The second kappa shape index (κ2) is 8.06. The quantitative estimate of drug-likeness (QED) is 0.817. The van der Waals surface area contributed by atoms with Crippen molar-refractivity contribution in [3.05, 3.63) is 66.0 Å². The Labute approximate surface area is 133 Å². The summed E-state index contributed by atoms with van der Waals surface area (Å²) in [7, 11) is 0. The monoisotopic (exact) mass is 295 g/mol. The number of nitrogens with zero attached hydrogens (tertiary/aromatic N) is 3. The first-order chi connectivity index (χ1) is 10.9. The molecule has 0 atom stereocenters. The van der Waals surface area contributed by atoms with Gasteiger partial charge in [0.15, 0.2) is 0 Å². The molecule has 0 saturated carbocycles. The standard InChI is InChI=1S/C19H25N3/c1-2-6-18(7-3-1)9-5-11-21-12-14-22(15-13-21)17-19-8-4-10-20-16-19/h1-4,6-8,10,16H,5,9,11-15,17H2. The van der Waals surface area contributed by atoms with Gasteiger partial charge >= 0.3 is 0 Å². The van der Waals surface area contributed by atoms with Gasteiger partial charge in [0.05, 0.1) is 0 Å². The topological polar surface area (TPSA) is 19.4 Å². The molecule has 0 radical (unpaired) electrons. The minimum Gasteiger partial charge on any atom is -0.301 e. The van der Waals surface area contributed by atoms with Crippen molar-refractivity contribution in [2.75, 3.05) is 32.7 Å². The average Bonchev–Trinajstić information content (AvgIpc) is 2.58. The summed E-state index contributed by atoms with van der Waals surface area (Å²) < 4.78 is 0. The molecular weight excluding hydrogens is 270 g/mol.